The first-order valence-electron chi connectivity index (χ1n) is 4.97. The summed E-state index contributed by atoms with van der Waals surface area (Å²) in [7, 11) is 0. The highest BCUT2D eigenvalue weighted by atomic mass is 17.0. The molecule has 0 aliphatic rings. The van der Waals surface area contributed by atoms with Crippen molar-refractivity contribution in [3.05, 3.63) is 46.0 Å². The van der Waals surface area contributed by atoms with Crippen LogP contribution in [0.15, 0.2) is 30.3 Å². The van der Waals surface area contributed by atoms with Gasteiger partial charge in [0.15, 0.2) is 0 Å². The van der Waals surface area contributed by atoms with E-state index in [4.69, 9.17) is 5.26 Å². The van der Waals surface area contributed by atoms with Gasteiger partial charge in [-0.2, -0.15) is 5.26 Å². The van der Waals surface area contributed by atoms with E-state index in [0.717, 1.165) is 5.56 Å². The molecule has 84 valence electrons. The van der Waals surface area contributed by atoms with E-state index in [2.05, 4.69) is 4.84 Å². The fourth-order valence-corrected chi connectivity index (χ4v) is 1.42. The molecule has 0 saturated heterocycles. The predicted octanol–water partition coefficient (Wildman–Crippen LogP) is 2.63. The number of benzene rings is 1. The van der Waals surface area contributed by atoms with Gasteiger partial charge >= 0.3 is 0 Å². The molecule has 0 bridgehead atoms. The predicted molar refractivity (Wildman–Crippen MR) is 56.7 cm³/mol. The Morgan fingerprint density at radius 2 is 2.12 bits per heavy atom. The zero-order valence-electron chi connectivity index (χ0n) is 8.70. The van der Waals surface area contributed by atoms with E-state index in [1.807, 2.05) is 12.1 Å². The van der Waals surface area contributed by atoms with Crippen LogP contribution in [0, 0.1) is 21.4 Å². The van der Waals surface area contributed by atoms with Crippen LogP contribution in [0.3, 0.4) is 0 Å². The largest absolute Gasteiger partial charge is 0.306 e. The molecule has 16 heavy (non-hydrogen) atoms. The molecule has 0 amide bonds. The van der Waals surface area contributed by atoms with Crippen LogP contribution in [0.1, 0.15) is 30.9 Å². The fraction of sp³-hybridized carbons (Fsp3) is 0.364. The van der Waals surface area contributed by atoms with Crippen molar-refractivity contribution in [3.8, 4) is 6.07 Å². The van der Waals surface area contributed by atoms with E-state index in [1.54, 1.807) is 24.3 Å². The lowest BCUT2D eigenvalue weighted by Gasteiger charge is -2.14. The van der Waals surface area contributed by atoms with E-state index in [1.165, 1.54) is 0 Å². The van der Waals surface area contributed by atoms with Crippen molar-refractivity contribution in [2.75, 3.05) is 0 Å². The lowest BCUT2D eigenvalue weighted by Crippen LogP contribution is -2.09. The zero-order valence-corrected chi connectivity index (χ0v) is 8.70. The van der Waals surface area contributed by atoms with Crippen molar-refractivity contribution in [3.63, 3.8) is 0 Å². The maximum atomic E-state index is 10.3. The van der Waals surface area contributed by atoms with Crippen molar-refractivity contribution >= 4 is 0 Å². The first-order chi connectivity index (χ1) is 7.74. The van der Waals surface area contributed by atoms with Gasteiger partial charge in [0, 0.05) is 6.42 Å². The molecular formula is C11H12N2O3. The molecule has 0 spiro atoms. The Labute approximate surface area is 93.4 Å². The van der Waals surface area contributed by atoms with Gasteiger partial charge in [-0.15, -0.1) is 10.1 Å². The van der Waals surface area contributed by atoms with Gasteiger partial charge in [-0.25, -0.2) is 0 Å². The summed E-state index contributed by atoms with van der Waals surface area (Å²) in [4.78, 5) is 14.9. The first kappa shape index (κ1) is 12.0. The minimum absolute atomic E-state index is 0.379. The monoisotopic (exact) mass is 220 g/mol. The third kappa shape index (κ3) is 3.96. The summed E-state index contributed by atoms with van der Waals surface area (Å²) in [5.41, 5.74) is 0.761. The molecule has 1 aromatic carbocycles. The molecule has 0 heterocycles. The van der Waals surface area contributed by atoms with E-state index < -0.39 is 11.2 Å². The molecule has 0 saturated carbocycles. The van der Waals surface area contributed by atoms with Crippen molar-refractivity contribution in [1.29, 1.82) is 5.26 Å². The molecule has 1 rings (SSSR count). The lowest BCUT2D eigenvalue weighted by molar-refractivity contribution is -0.771. The number of nitriles is 1. The van der Waals surface area contributed by atoms with Gasteiger partial charge < -0.3 is 4.84 Å². The van der Waals surface area contributed by atoms with Crippen molar-refractivity contribution in [1.82, 2.24) is 0 Å². The van der Waals surface area contributed by atoms with E-state index in [9.17, 15) is 10.1 Å². The lowest BCUT2D eigenvalue weighted by atomic mass is 10.0. The number of rotatable bonds is 6. The number of hydrogen-bond acceptors (Lipinski definition) is 4. The van der Waals surface area contributed by atoms with Gasteiger partial charge in [-0.3, -0.25) is 0 Å². The minimum Gasteiger partial charge on any atom is -0.306 e. The Bertz CT molecular complexity index is 373. The number of nitrogens with zero attached hydrogens (tertiary/aromatic N) is 2. The van der Waals surface area contributed by atoms with Crippen LogP contribution in [0.5, 0.6) is 0 Å². The van der Waals surface area contributed by atoms with E-state index >= 15 is 0 Å². The highest BCUT2D eigenvalue weighted by Gasteiger charge is 2.14. The second-order valence-electron chi connectivity index (χ2n) is 3.28. The highest BCUT2D eigenvalue weighted by molar-refractivity contribution is 5.17. The summed E-state index contributed by atoms with van der Waals surface area (Å²) < 4.78 is 0. The Hall–Kier alpha value is -2.09. The van der Waals surface area contributed by atoms with Crippen LogP contribution < -0.4 is 0 Å². The SMILES string of the molecule is N#CCCCC(O[N+](=O)[O-])c1ccccc1. The molecule has 1 atom stereocenters. The molecule has 1 aromatic rings. The quantitative estimate of drug-likeness (QED) is 0.419. The Balaban J connectivity index is 2.64. The number of hydrogen-bond donors (Lipinski definition) is 0. The van der Waals surface area contributed by atoms with Crippen LogP contribution >= 0.6 is 0 Å². The second-order valence-corrected chi connectivity index (χ2v) is 3.28. The Morgan fingerprint density at radius 3 is 2.69 bits per heavy atom. The van der Waals surface area contributed by atoms with Gasteiger partial charge in [0.25, 0.3) is 5.09 Å². The molecular weight excluding hydrogens is 208 g/mol. The molecule has 0 N–H and O–H groups in total. The van der Waals surface area contributed by atoms with Crippen LogP contribution in [-0.4, -0.2) is 5.09 Å². The third-order valence-electron chi connectivity index (χ3n) is 2.14. The normalized spacial score (nSPS) is 11.4. The summed E-state index contributed by atoms with van der Waals surface area (Å²) in [5, 5.41) is 18.0. The molecule has 0 aliphatic heterocycles. The summed E-state index contributed by atoms with van der Waals surface area (Å²) in [6, 6.07) is 11.0. The molecule has 5 heteroatoms. The number of unbranched alkanes of at least 4 members (excludes halogenated alkanes) is 1. The molecule has 0 aromatic heterocycles. The van der Waals surface area contributed by atoms with Gasteiger partial charge in [0.05, 0.1) is 6.07 Å². The maximum absolute atomic E-state index is 10.3. The molecule has 0 radical (unpaired) electrons. The van der Waals surface area contributed by atoms with Crippen molar-refractivity contribution in [2.45, 2.75) is 25.4 Å². The first-order valence-corrected chi connectivity index (χ1v) is 4.97. The van der Waals surface area contributed by atoms with Gasteiger partial charge in [-0.1, -0.05) is 30.3 Å². The van der Waals surface area contributed by atoms with Gasteiger partial charge in [-0.05, 0) is 18.4 Å². The van der Waals surface area contributed by atoms with E-state index in [-0.39, 0.29) is 0 Å². The second kappa shape index (κ2) is 6.40. The zero-order chi connectivity index (χ0) is 11.8. The summed E-state index contributed by atoms with van der Waals surface area (Å²) in [6.45, 7) is 0. The van der Waals surface area contributed by atoms with Crippen LogP contribution in [0.25, 0.3) is 0 Å². The fourth-order valence-electron chi connectivity index (χ4n) is 1.42. The van der Waals surface area contributed by atoms with Gasteiger partial charge in [0.1, 0.15) is 6.10 Å². The molecule has 0 fully saturated rings. The summed E-state index contributed by atoms with van der Waals surface area (Å²) in [5.74, 6) is 0. The highest BCUT2D eigenvalue weighted by Crippen LogP contribution is 2.23. The Kier molecular flexibility index (Phi) is 4.80. The Morgan fingerprint density at radius 1 is 1.44 bits per heavy atom. The average molecular weight is 220 g/mol. The molecule has 1 unspecified atom stereocenters. The van der Waals surface area contributed by atoms with Crippen LogP contribution in [-0.2, 0) is 4.84 Å². The van der Waals surface area contributed by atoms with Crippen LogP contribution in [0.2, 0.25) is 0 Å². The standard InChI is InChI=1S/C11H12N2O3/c12-9-5-4-8-11(16-13(14)15)10-6-2-1-3-7-10/h1-3,6-7,11H,4-5,8H2. The van der Waals surface area contributed by atoms with E-state index in [0.29, 0.717) is 19.3 Å². The average Bonchev–Trinajstić information content (AvgIpc) is 2.29. The maximum Gasteiger partial charge on any atom is 0.295 e. The topological polar surface area (TPSA) is 76.2 Å². The summed E-state index contributed by atoms with van der Waals surface area (Å²) >= 11 is 0. The third-order valence-corrected chi connectivity index (χ3v) is 2.14. The summed E-state index contributed by atoms with van der Waals surface area (Å²) in [6.07, 6.45) is 0.858. The molecule has 0 aliphatic carbocycles. The minimum atomic E-state index is -0.788. The van der Waals surface area contributed by atoms with Gasteiger partial charge in [0.2, 0.25) is 0 Å². The van der Waals surface area contributed by atoms with Crippen molar-refractivity contribution in [2.24, 2.45) is 0 Å². The van der Waals surface area contributed by atoms with Crippen LogP contribution in [0.4, 0.5) is 0 Å². The smallest absolute Gasteiger partial charge is 0.295 e. The van der Waals surface area contributed by atoms with Crippen molar-refractivity contribution < 1.29 is 9.92 Å². The molecule has 5 nitrogen and oxygen atoms in total.